The molecule has 0 aliphatic carbocycles. The second kappa shape index (κ2) is 10.6. The molecule has 2 aliphatic rings. The van der Waals surface area contributed by atoms with E-state index in [9.17, 15) is 30.0 Å². The minimum absolute atomic E-state index is 0.0239. The molecule has 6 N–H and O–H groups in total. The van der Waals surface area contributed by atoms with E-state index in [0.717, 1.165) is 0 Å². The second-order valence-corrected chi connectivity index (χ2v) is 9.18. The Morgan fingerprint density at radius 3 is 1.23 bits per heavy atom. The molecule has 176 valence electrons. The molecular weight excluding hydrogens is 400 g/mol. The van der Waals surface area contributed by atoms with Crippen LogP contribution in [0.2, 0.25) is 0 Å². The Kier molecular flexibility index (Phi) is 9.26. The van der Waals surface area contributed by atoms with E-state index < -0.39 is 47.8 Å². The zero-order chi connectivity index (χ0) is 23.3. The van der Waals surface area contributed by atoms with Crippen LogP contribution in [0, 0.1) is 0 Å². The maximum atomic E-state index is 11.5. The van der Waals surface area contributed by atoms with Crippen molar-refractivity contribution in [3.8, 4) is 0 Å². The first-order chi connectivity index (χ1) is 13.6. The standard InChI is InChI=1S/2C9H18N2O4/c2*1-9(2,3)15-8(14)11-5-7(13)6(12)4-10-11/h2*6-7,10,12-13H,4-5H2,1-3H3. The summed E-state index contributed by atoms with van der Waals surface area (Å²) in [5, 5.41) is 39.5. The van der Waals surface area contributed by atoms with E-state index in [1.165, 1.54) is 10.0 Å². The van der Waals surface area contributed by atoms with Crippen LogP contribution in [0.1, 0.15) is 41.5 Å². The predicted octanol–water partition coefficient (Wildman–Crippen LogP) is -1.07. The van der Waals surface area contributed by atoms with Crippen LogP contribution in [0.15, 0.2) is 0 Å². The summed E-state index contributed by atoms with van der Waals surface area (Å²) in [5.74, 6) is 0. The minimum atomic E-state index is -0.932. The van der Waals surface area contributed by atoms with Crippen LogP contribution in [0.3, 0.4) is 0 Å². The van der Waals surface area contributed by atoms with Gasteiger partial charge in [0.05, 0.1) is 25.3 Å². The van der Waals surface area contributed by atoms with Gasteiger partial charge in [-0.15, -0.1) is 0 Å². The molecule has 0 saturated carbocycles. The highest BCUT2D eigenvalue weighted by Crippen LogP contribution is 2.12. The van der Waals surface area contributed by atoms with Gasteiger partial charge in [-0.3, -0.25) is 0 Å². The quantitative estimate of drug-likeness (QED) is 0.275. The van der Waals surface area contributed by atoms with Crippen LogP contribution in [-0.4, -0.2) is 104 Å². The van der Waals surface area contributed by atoms with Gasteiger partial charge in [-0.05, 0) is 41.5 Å². The first-order valence-corrected chi connectivity index (χ1v) is 9.79. The van der Waals surface area contributed by atoms with E-state index in [4.69, 9.17) is 9.47 Å². The van der Waals surface area contributed by atoms with Gasteiger partial charge in [-0.1, -0.05) is 0 Å². The van der Waals surface area contributed by atoms with Gasteiger partial charge < -0.3 is 29.9 Å². The molecule has 0 spiro atoms. The smallest absolute Gasteiger partial charge is 0.424 e. The van der Waals surface area contributed by atoms with Crippen molar-refractivity contribution < 1.29 is 39.5 Å². The third kappa shape index (κ3) is 9.41. The maximum absolute atomic E-state index is 11.5. The minimum Gasteiger partial charge on any atom is -0.443 e. The van der Waals surface area contributed by atoms with E-state index >= 15 is 0 Å². The molecule has 0 aromatic carbocycles. The fourth-order valence-corrected chi connectivity index (χ4v) is 2.34. The summed E-state index contributed by atoms with van der Waals surface area (Å²) in [6.45, 7) is 10.9. The second-order valence-electron chi connectivity index (χ2n) is 9.18. The summed E-state index contributed by atoms with van der Waals surface area (Å²) in [4.78, 5) is 23.0. The van der Waals surface area contributed by atoms with Crippen LogP contribution < -0.4 is 10.9 Å². The molecule has 0 aromatic heterocycles. The van der Waals surface area contributed by atoms with Gasteiger partial charge in [-0.25, -0.2) is 30.5 Å². The largest absolute Gasteiger partial charge is 0.443 e. The van der Waals surface area contributed by atoms with Crippen molar-refractivity contribution in [2.24, 2.45) is 0 Å². The summed E-state index contributed by atoms with van der Waals surface area (Å²) < 4.78 is 10.2. The Morgan fingerprint density at radius 1 is 0.700 bits per heavy atom. The number of aliphatic hydroxyl groups is 4. The first-order valence-electron chi connectivity index (χ1n) is 9.79. The highest BCUT2D eigenvalue weighted by Gasteiger charge is 2.32. The van der Waals surface area contributed by atoms with E-state index in [-0.39, 0.29) is 26.2 Å². The number of nitrogens with one attached hydrogen (secondary N) is 2. The third-order valence-electron chi connectivity index (χ3n) is 3.84. The molecule has 4 unspecified atom stereocenters. The highest BCUT2D eigenvalue weighted by molar-refractivity contribution is 5.68. The van der Waals surface area contributed by atoms with Gasteiger partial charge in [0.25, 0.3) is 0 Å². The zero-order valence-electron chi connectivity index (χ0n) is 18.5. The zero-order valence-corrected chi connectivity index (χ0v) is 18.5. The van der Waals surface area contributed by atoms with E-state index in [2.05, 4.69) is 10.9 Å². The van der Waals surface area contributed by atoms with E-state index in [1.54, 1.807) is 41.5 Å². The first kappa shape index (κ1) is 26.3. The highest BCUT2D eigenvalue weighted by atomic mass is 16.6. The molecule has 12 nitrogen and oxygen atoms in total. The Hall–Kier alpha value is -1.70. The lowest BCUT2D eigenvalue weighted by Gasteiger charge is -2.34. The van der Waals surface area contributed by atoms with Crippen molar-refractivity contribution >= 4 is 12.2 Å². The Morgan fingerprint density at radius 2 is 1.00 bits per heavy atom. The number of carbonyl (C=O) groups is 2. The Balaban J connectivity index is 0.000000300. The summed E-state index contributed by atoms with van der Waals surface area (Å²) >= 11 is 0. The number of carbonyl (C=O) groups excluding carboxylic acids is 2. The lowest BCUT2D eigenvalue weighted by Crippen LogP contribution is -2.59. The topological polar surface area (TPSA) is 164 Å². The number of nitrogens with zero attached hydrogens (tertiary/aromatic N) is 2. The number of hydrogen-bond donors (Lipinski definition) is 6. The van der Waals surface area contributed by atoms with Gasteiger partial charge in [0, 0.05) is 13.1 Å². The summed E-state index contributed by atoms with van der Waals surface area (Å²) in [5.41, 5.74) is 4.20. The van der Waals surface area contributed by atoms with Crippen molar-refractivity contribution in [2.75, 3.05) is 26.2 Å². The molecule has 4 atom stereocenters. The van der Waals surface area contributed by atoms with Crippen molar-refractivity contribution in [2.45, 2.75) is 77.2 Å². The molecule has 2 saturated heterocycles. The van der Waals surface area contributed by atoms with Crippen LogP contribution in [-0.2, 0) is 9.47 Å². The number of ether oxygens (including phenoxy) is 2. The number of amides is 2. The van der Waals surface area contributed by atoms with Gasteiger partial charge >= 0.3 is 12.2 Å². The molecule has 2 rings (SSSR count). The van der Waals surface area contributed by atoms with Crippen molar-refractivity contribution in [3.63, 3.8) is 0 Å². The fourth-order valence-electron chi connectivity index (χ4n) is 2.34. The third-order valence-corrected chi connectivity index (χ3v) is 3.84. The van der Waals surface area contributed by atoms with Crippen LogP contribution in [0.25, 0.3) is 0 Å². The lowest BCUT2D eigenvalue weighted by molar-refractivity contribution is -0.0620. The van der Waals surface area contributed by atoms with Gasteiger partial charge in [0.15, 0.2) is 0 Å². The average Bonchev–Trinajstić information content (AvgIpc) is 2.57. The molecular formula is C18H36N4O8. The maximum Gasteiger partial charge on any atom is 0.424 e. The van der Waals surface area contributed by atoms with Gasteiger partial charge in [0.1, 0.15) is 23.4 Å². The molecule has 0 bridgehead atoms. The number of hydrogen-bond acceptors (Lipinski definition) is 10. The summed E-state index contributed by atoms with van der Waals surface area (Å²) in [6, 6.07) is 0. The normalized spacial score (nSPS) is 27.7. The predicted molar refractivity (Wildman–Crippen MR) is 106 cm³/mol. The molecule has 2 aliphatic heterocycles. The lowest BCUT2D eigenvalue weighted by atomic mass is 10.2. The average molecular weight is 437 g/mol. The monoisotopic (exact) mass is 436 g/mol. The SMILES string of the molecule is CC(C)(C)OC(=O)N1CC(O)C(O)CN1.CC(C)(C)OC(=O)N1CC(O)C(O)CN1. The summed E-state index contributed by atoms with van der Waals surface area (Å²) in [7, 11) is 0. The number of β-amino-alcohol motifs (C(OH)–C–C–N with tert-alkyl or cyclic N) is 4. The van der Waals surface area contributed by atoms with Gasteiger partial charge in [0.2, 0.25) is 0 Å². The van der Waals surface area contributed by atoms with Crippen molar-refractivity contribution in [3.05, 3.63) is 0 Å². The molecule has 2 amide bonds. The molecule has 0 radical (unpaired) electrons. The number of hydrazine groups is 2. The van der Waals surface area contributed by atoms with Crippen LogP contribution in [0.4, 0.5) is 9.59 Å². The van der Waals surface area contributed by atoms with E-state index in [1.807, 2.05) is 0 Å². The van der Waals surface area contributed by atoms with Crippen molar-refractivity contribution in [1.82, 2.24) is 20.9 Å². The Bertz CT molecular complexity index is 528. The van der Waals surface area contributed by atoms with Crippen LogP contribution in [0.5, 0.6) is 0 Å². The van der Waals surface area contributed by atoms with Crippen LogP contribution >= 0.6 is 0 Å². The molecule has 0 aromatic rings. The molecule has 30 heavy (non-hydrogen) atoms. The Labute approximate surface area is 176 Å². The molecule has 2 fully saturated rings. The van der Waals surface area contributed by atoms with Gasteiger partial charge in [-0.2, -0.15) is 0 Å². The molecule has 2 heterocycles. The molecule has 12 heteroatoms. The fraction of sp³-hybridized carbons (Fsp3) is 0.889. The van der Waals surface area contributed by atoms with E-state index in [0.29, 0.717) is 0 Å². The number of rotatable bonds is 0. The van der Waals surface area contributed by atoms with Crippen molar-refractivity contribution in [1.29, 1.82) is 0 Å². The summed E-state index contributed by atoms with van der Waals surface area (Å²) in [6.07, 6.45) is -4.65. The number of aliphatic hydroxyl groups excluding tert-OH is 4.